The van der Waals surface area contributed by atoms with Crippen LogP contribution in [0.1, 0.15) is 6.92 Å². The van der Waals surface area contributed by atoms with Crippen LogP contribution < -0.4 is 4.74 Å². The van der Waals surface area contributed by atoms with E-state index in [2.05, 4.69) is 0 Å². The third-order valence-electron chi connectivity index (χ3n) is 2.86. The summed E-state index contributed by atoms with van der Waals surface area (Å²) in [5.41, 5.74) is 0. The maximum Gasteiger partial charge on any atom is 0.323 e. The number of hydrogen-bond acceptors (Lipinski definition) is 4. The fourth-order valence-electron chi connectivity index (χ4n) is 1.76. The third-order valence-corrected chi connectivity index (χ3v) is 2.86. The second-order valence-electron chi connectivity index (χ2n) is 5.03. The lowest BCUT2D eigenvalue weighted by molar-refractivity contribution is -0.147. The van der Waals surface area contributed by atoms with Crippen molar-refractivity contribution < 1.29 is 19.4 Å². The molecule has 0 fully saturated rings. The molecule has 1 N–H and O–H groups in total. The average molecular weight is 294 g/mol. The van der Waals surface area contributed by atoms with Gasteiger partial charge in [-0.25, -0.2) is 0 Å². The summed E-state index contributed by atoms with van der Waals surface area (Å²) in [6.07, 6.45) is -0.728. The van der Waals surface area contributed by atoms with E-state index in [1.807, 2.05) is 37.2 Å². The Morgan fingerprint density at radius 3 is 2.33 bits per heavy atom. The molecule has 0 aliphatic carbocycles. The van der Waals surface area contributed by atoms with Crippen molar-refractivity contribution in [2.45, 2.75) is 13.0 Å². The summed E-state index contributed by atoms with van der Waals surface area (Å²) in [6.45, 7) is 2.24. The topological polar surface area (TPSA) is 70.1 Å². The van der Waals surface area contributed by atoms with E-state index >= 15 is 0 Å². The Morgan fingerprint density at radius 2 is 1.81 bits per heavy atom. The molecular formula is C15H22N2O4. The van der Waals surface area contributed by atoms with Crippen LogP contribution in [-0.2, 0) is 9.59 Å². The van der Waals surface area contributed by atoms with Crippen molar-refractivity contribution in [3.8, 4) is 5.75 Å². The highest BCUT2D eigenvalue weighted by atomic mass is 16.5. The number of ether oxygens (including phenoxy) is 1. The Balaban J connectivity index is 2.66. The molecule has 0 aliphatic rings. The van der Waals surface area contributed by atoms with Crippen molar-refractivity contribution >= 4 is 11.9 Å². The zero-order chi connectivity index (χ0) is 15.8. The van der Waals surface area contributed by atoms with Gasteiger partial charge < -0.3 is 19.6 Å². The molecule has 1 atom stereocenters. The normalized spacial score (nSPS) is 12.0. The number of hydrogen-bond donors (Lipinski definition) is 1. The van der Waals surface area contributed by atoms with Crippen LogP contribution in [0, 0.1) is 0 Å². The van der Waals surface area contributed by atoms with Crippen LogP contribution in [0.4, 0.5) is 0 Å². The van der Waals surface area contributed by atoms with E-state index in [4.69, 9.17) is 9.84 Å². The molecule has 0 aromatic heterocycles. The zero-order valence-electron chi connectivity index (χ0n) is 12.7. The lowest BCUT2D eigenvalue weighted by atomic mass is 10.3. The second-order valence-corrected chi connectivity index (χ2v) is 5.03. The van der Waals surface area contributed by atoms with E-state index in [0.29, 0.717) is 18.8 Å². The van der Waals surface area contributed by atoms with Crippen molar-refractivity contribution in [1.82, 2.24) is 9.80 Å². The number of carboxylic acids is 1. The number of amides is 1. The number of rotatable bonds is 8. The van der Waals surface area contributed by atoms with Crippen LogP contribution in [0.3, 0.4) is 0 Å². The Morgan fingerprint density at radius 1 is 1.19 bits per heavy atom. The Bertz CT molecular complexity index is 462. The van der Waals surface area contributed by atoms with Gasteiger partial charge in [-0.05, 0) is 33.2 Å². The summed E-state index contributed by atoms with van der Waals surface area (Å²) in [6, 6.07) is 8.99. The van der Waals surface area contributed by atoms with E-state index in [1.54, 1.807) is 19.1 Å². The van der Waals surface area contributed by atoms with E-state index in [1.165, 1.54) is 4.90 Å². The van der Waals surface area contributed by atoms with Crippen LogP contribution >= 0.6 is 0 Å². The van der Waals surface area contributed by atoms with Gasteiger partial charge in [0.1, 0.15) is 12.3 Å². The Labute approximate surface area is 124 Å². The van der Waals surface area contributed by atoms with E-state index in [0.717, 1.165) is 0 Å². The van der Waals surface area contributed by atoms with Crippen LogP contribution in [0.15, 0.2) is 30.3 Å². The minimum Gasteiger partial charge on any atom is -0.481 e. The number of aliphatic carboxylic acids is 1. The van der Waals surface area contributed by atoms with Crippen LogP contribution in [-0.4, -0.2) is 66.6 Å². The first-order valence-electron chi connectivity index (χ1n) is 6.77. The minimum atomic E-state index is -1.03. The lowest BCUT2D eigenvalue weighted by Crippen LogP contribution is -2.45. The highest BCUT2D eigenvalue weighted by molar-refractivity contribution is 5.84. The van der Waals surface area contributed by atoms with Crippen molar-refractivity contribution in [2.75, 3.05) is 33.7 Å². The molecule has 0 heterocycles. The molecular weight excluding hydrogens is 272 g/mol. The first kappa shape index (κ1) is 17.0. The van der Waals surface area contributed by atoms with Gasteiger partial charge in [0.2, 0.25) is 0 Å². The predicted octanol–water partition coefficient (Wildman–Crippen LogP) is 0.929. The summed E-state index contributed by atoms with van der Waals surface area (Å²) in [5.74, 6) is -0.779. The summed E-state index contributed by atoms with van der Waals surface area (Å²) in [4.78, 5) is 26.4. The number of nitrogens with zero attached hydrogens (tertiary/aromatic N) is 2. The molecule has 0 radical (unpaired) electrons. The maximum atomic E-state index is 12.3. The molecule has 1 aromatic rings. The van der Waals surface area contributed by atoms with Gasteiger partial charge in [0.25, 0.3) is 5.91 Å². The van der Waals surface area contributed by atoms with E-state index < -0.39 is 12.1 Å². The lowest BCUT2D eigenvalue weighted by Gasteiger charge is -2.25. The average Bonchev–Trinajstić information content (AvgIpc) is 2.43. The molecule has 0 aliphatic heterocycles. The molecule has 0 saturated heterocycles. The standard InChI is InChI=1S/C15H22N2O4/c1-12(21-13-7-5-4-6-8-13)15(20)17(11-14(18)19)10-9-16(2)3/h4-8,12H,9-11H2,1-3H3,(H,18,19). The number of carbonyl (C=O) groups is 2. The molecule has 6 nitrogen and oxygen atoms in total. The van der Waals surface area contributed by atoms with E-state index in [9.17, 15) is 9.59 Å². The fourth-order valence-corrected chi connectivity index (χ4v) is 1.76. The summed E-state index contributed by atoms with van der Waals surface area (Å²) < 4.78 is 5.55. The van der Waals surface area contributed by atoms with Gasteiger partial charge in [0, 0.05) is 13.1 Å². The molecule has 0 spiro atoms. The van der Waals surface area contributed by atoms with Gasteiger partial charge in [-0.1, -0.05) is 18.2 Å². The van der Waals surface area contributed by atoms with Crippen LogP contribution in [0.5, 0.6) is 5.75 Å². The molecule has 1 unspecified atom stereocenters. The second kappa shape index (κ2) is 8.26. The quantitative estimate of drug-likeness (QED) is 0.772. The fraction of sp³-hybridized carbons (Fsp3) is 0.467. The molecule has 1 amide bonds. The van der Waals surface area contributed by atoms with Crippen molar-refractivity contribution in [2.24, 2.45) is 0 Å². The Kier molecular flexibility index (Phi) is 6.68. The molecule has 1 aromatic carbocycles. The highest BCUT2D eigenvalue weighted by Gasteiger charge is 2.23. The summed E-state index contributed by atoms with van der Waals surface area (Å²) in [7, 11) is 3.74. The molecule has 0 bridgehead atoms. The Hall–Kier alpha value is -2.08. The van der Waals surface area contributed by atoms with Crippen molar-refractivity contribution in [3.63, 3.8) is 0 Å². The SMILES string of the molecule is CC(Oc1ccccc1)C(=O)N(CCN(C)C)CC(=O)O. The number of benzene rings is 1. The molecule has 116 valence electrons. The smallest absolute Gasteiger partial charge is 0.323 e. The van der Waals surface area contributed by atoms with E-state index in [-0.39, 0.29) is 12.5 Å². The van der Waals surface area contributed by atoms with Crippen molar-refractivity contribution in [3.05, 3.63) is 30.3 Å². The first-order valence-corrected chi connectivity index (χ1v) is 6.77. The highest BCUT2D eigenvalue weighted by Crippen LogP contribution is 2.12. The largest absolute Gasteiger partial charge is 0.481 e. The first-order chi connectivity index (χ1) is 9.90. The van der Waals surface area contributed by atoms with Gasteiger partial charge in [-0.2, -0.15) is 0 Å². The maximum absolute atomic E-state index is 12.3. The number of carboxylic acid groups (broad SMARTS) is 1. The summed E-state index contributed by atoms with van der Waals surface area (Å²) >= 11 is 0. The van der Waals surface area contributed by atoms with Gasteiger partial charge in [0.05, 0.1) is 0 Å². The number of para-hydroxylation sites is 1. The monoisotopic (exact) mass is 294 g/mol. The zero-order valence-corrected chi connectivity index (χ0v) is 12.7. The number of likely N-dealkylation sites (N-methyl/N-ethyl adjacent to an activating group) is 1. The van der Waals surface area contributed by atoms with Gasteiger partial charge in [0.15, 0.2) is 6.10 Å². The van der Waals surface area contributed by atoms with Crippen molar-refractivity contribution in [1.29, 1.82) is 0 Å². The van der Waals surface area contributed by atoms with Crippen LogP contribution in [0.2, 0.25) is 0 Å². The molecule has 1 rings (SSSR count). The van der Waals surface area contributed by atoms with Gasteiger partial charge in [-0.3, -0.25) is 9.59 Å². The summed E-state index contributed by atoms with van der Waals surface area (Å²) in [5, 5.41) is 8.92. The van der Waals surface area contributed by atoms with Gasteiger partial charge in [-0.15, -0.1) is 0 Å². The number of carbonyl (C=O) groups excluding carboxylic acids is 1. The third kappa shape index (κ3) is 6.27. The minimum absolute atomic E-state index is 0.324. The van der Waals surface area contributed by atoms with Gasteiger partial charge >= 0.3 is 5.97 Å². The predicted molar refractivity (Wildman–Crippen MR) is 79.3 cm³/mol. The molecule has 6 heteroatoms. The molecule has 0 saturated carbocycles. The molecule has 21 heavy (non-hydrogen) atoms. The van der Waals surface area contributed by atoms with Crippen LogP contribution in [0.25, 0.3) is 0 Å².